The largest absolute Gasteiger partial charge is 0.483 e. The molecule has 1 aliphatic rings. The van der Waals surface area contributed by atoms with E-state index in [1.165, 1.54) is 0 Å². The second-order valence-corrected chi connectivity index (χ2v) is 6.53. The topological polar surface area (TPSA) is 46.6 Å². The molecule has 1 fully saturated rings. The molecule has 126 valence electrons. The Morgan fingerprint density at radius 1 is 1.17 bits per heavy atom. The van der Waals surface area contributed by atoms with Gasteiger partial charge in [0.1, 0.15) is 5.75 Å². The van der Waals surface area contributed by atoms with Crippen LogP contribution >= 0.6 is 0 Å². The zero-order valence-electron chi connectivity index (χ0n) is 14.2. The first-order valence-electron chi connectivity index (χ1n) is 8.52. The number of hydrogen-bond donors (Lipinski definition) is 0. The summed E-state index contributed by atoms with van der Waals surface area (Å²) in [4.78, 5) is 26.0. The number of aldehydes is 1. The van der Waals surface area contributed by atoms with Crippen molar-refractivity contribution in [2.24, 2.45) is 0 Å². The predicted molar refractivity (Wildman–Crippen MR) is 94.5 cm³/mol. The van der Waals surface area contributed by atoms with Crippen LogP contribution < -0.4 is 4.74 Å². The summed E-state index contributed by atoms with van der Waals surface area (Å²) in [5.74, 6) is 0.453. The Kier molecular flexibility index (Phi) is 4.84. The number of amides is 1. The minimum absolute atomic E-state index is 0.0142. The number of benzene rings is 2. The summed E-state index contributed by atoms with van der Waals surface area (Å²) >= 11 is 0. The molecule has 2 atom stereocenters. The number of rotatable bonds is 4. The number of carbonyl (C=O) groups excluding carboxylic acids is 2. The van der Waals surface area contributed by atoms with E-state index in [4.69, 9.17) is 4.74 Å². The third-order valence-electron chi connectivity index (χ3n) is 4.88. The van der Waals surface area contributed by atoms with Crippen LogP contribution in [0.15, 0.2) is 36.4 Å². The highest BCUT2D eigenvalue weighted by Gasteiger charge is 2.29. The summed E-state index contributed by atoms with van der Waals surface area (Å²) in [6, 6.07) is 11.8. The molecule has 4 nitrogen and oxygen atoms in total. The number of fused-ring (bicyclic) bond motifs is 1. The van der Waals surface area contributed by atoms with Gasteiger partial charge in [-0.05, 0) is 49.9 Å². The van der Waals surface area contributed by atoms with Gasteiger partial charge < -0.3 is 9.64 Å². The molecule has 0 aliphatic carbocycles. The van der Waals surface area contributed by atoms with Crippen LogP contribution in [-0.2, 0) is 4.79 Å². The summed E-state index contributed by atoms with van der Waals surface area (Å²) in [7, 11) is 0. The van der Waals surface area contributed by atoms with Crippen LogP contribution in [0.1, 0.15) is 43.5 Å². The fourth-order valence-corrected chi connectivity index (χ4v) is 3.65. The summed E-state index contributed by atoms with van der Waals surface area (Å²) in [6.45, 7) is 4.13. The molecule has 3 rings (SSSR count). The first-order chi connectivity index (χ1) is 11.6. The highest BCUT2D eigenvalue weighted by molar-refractivity contribution is 6.00. The van der Waals surface area contributed by atoms with Gasteiger partial charge in [0.25, 0.3) is 5.91 Å². The fourth-order valence-electron chi connectivity index (χ4n) is 3.65. The maximum absolute atomic E-state index is 12.6. The van der Waals surface area contributed by atoms with Crippen molar-refractivity contribution >= 4 is 23.0 Å². The van der Waals surface area contributed by atoms with E-state index in [1.54, 1.807) is 6.07 Å². The van der Waals surface area contributed by atoms with Gasteiger partial charge in [0.15, 0.2) is 12.9 Å². The van der Waals surface area contributed by atoms with E-state index in [1.807, 2.05) is 35.2 Å². The van der Waals surface area contributed by atoms with E-state index >= 15 is 0 Å². The molecule has 1 saturated heterocycles. The summed E-state index contributed by atoms with van der Waals surface area (Å²) in [5.41, 5.74) is 0.501. The maximum atomic E-state index is 12.6. The minimum atomic E-state index is -0.0339. The lowest BCUT2D eigenvalue weighted by atomic mass is 9.97. The first-order valence-corrected chi connectivity index (χ1v) is 8.52. The summed E-state index contributed by atoms with van der Waals surface area (Å²) < 4.78 is 5.73. The molecule has 0 aromatic heterocycles. The summed E-state index contributed by atoms with van der Waals surface area (Å²) in [5, 5.41) is 1.83. The molecule has 1 amide bonds. The SMILES string of the molecule is CC1CCCC(C)N1C(=O)COc1ccc2ccccc2c1C=O. The van der Waals surface area contributed by atoms with E-state index < -0.39 is 0 Å². The van der Waals surface area contributed by atoms with Crippen molar-refractivity contribution in [2.45, 2.75) is 45.2 Å². The van der Waals surface area contributed by atoms with E-state index in [2.05, 4.69) is 13.8 Å². The Balaban J connectivity index is 1.78. The zero-order chi connectivity index (χ0) is 17.1. The number of hydrogen-bond acceptors (Lipinski definition) is 3. The monoisotopic (exact) mass is 325 g/mol. The molecule has 4 heteroatoms. The number of carbonyl (C=O) groups is 2. The summed E-state index contributed by atoms with van der Waals surface area (Å²) in [6.07, 6.45) is 4.03. The number of piperidine rings is 1. The van der Waals surface area contributed by atoms with Crippen LogP contribution in [0.4, 0.5) is 0 Å². The lowest BCUT2D eigenvalue weighted by Gasteiger charge is -2.39. The molecule has 0 bridgehead atoms. The molecule has 0 N–H and O–H groups in total. The molecular formula is C20H23NO3. The highest BCUT2D eigenvalue weighted by Crippen LogP contribution is 2.27. The van der Waals surface area contributed by atoms with Crippen LogP contribution in [0, 0.1) is 0 Å². The average molecular weight is 325 g/mol. The molecule has 2 aromatic rings. The van der Waals surface area contributed by atoms with Gasteiger partial charge in [0, 0.05) is 12.1 Å². The van der Waals surface area contributed by atoms with E-state index in [0.29, 0.717) is 11.3 Å². The molecule has 0 spiro atoms. The van der Waals surface area contributed by atoms with Crippen molar-refractivity contribution in [1.82, 2.24) is 4.90 Å². The van der Waals surface area contributed by atoms with E-state index in [9.17, 15) is 9.59 Å². The smallest absolute Gasteiger partial charge is 0.260 e. The Morgan fingerprint density at radius 2 is 1.88 bits per heavy atom. The molecule has 1 aliphatic heterocycles. The maximum Gasteiger partial charge on any atom is 0.260 e. The van der Waals surface area contributed by atoms with Crippen molar-refractivity contribution < 1.29 is 14.3 Å². The molecule has 1 heterocycles. The molecule has 0 saturated carbocycles. The van der Waals surface area contributed by atoms with Gasteiger partial charge in [0.2, 0.25) is 0 Å². The van der Waals surface area contributed by atoms with Gasteiger partial charge in [-0.3, -0.25) is 9.59 Å². The Morgan fingerprint density at radius 3 is 2.58 bits per heavy atom. The Bertz CT molecular complexity index is 746. The Labute approximate surface area is 142 Å². The average Bonchev–Trinajstić information content (AvgIpc) is 2.59. The minimum Gasteiger partial charge on any atom is -0.483 e. The second kappa shape index (κ2) is 7.04. The van der Waals surface area contributed by atoms with Crippen molar-refractivity contribution in [1.29, 1.82) is 0 Å². The van der Waals surface area contributed by atoms with Crippen molar-refractivity contribution in [3.8, 4) is 5.75 Å². The van der Waals surface area contributed by atoms with Gasteiger partial charge in [0.05, 0.1) is 5.56 Å². The van der Waals surface area contributed by atoms with Crippen LogP contribution in [-0.4, -0.2) is 35.8 Å². The van der Waals surface area contributed by atoms with Gasteiger partial charge in [-0.15, -0.1) is 0 Å². The Hall–Kier alpha value is -2.36. The number of likely N-dealkylation sites (tertiary alicyclic amines) is 1. The van der Waals surface area contributed by atoms with Crippen molar-refractivity contribution in [2.75, 3.05) is 6.61 Å². The molecule has 0 radical (unpaired) electrons. The van der Waals surface area contributed by atoms with Crippen LogP contribution in [0.3, 0.4) is 0 Å². The van der Waals surface area contributed by atoms with Gasteiger partial charge in [-0.1, -0.05) is 30.3 Å². The predicted octanol–water partition coefficient (Wildman–Crippen LogP) is 3.82. The lowest BCUT2D eigenvalue weighted by Crippen LogP contribution is -2.49. The van der Waals surface area contributed by atoms with Crippen LogP contribution in [0.2, 0.25) is 0 Å². The van der Waals surface area contributed by atoms with Gasteiger partial charge >= 0.3 is 0 Å². The van der Waals surface area contributed by atoms with Crippen molar-refractivity contribution in [3.05, 3.63) is 42.0 Å². The van der Waals surface area contributed by atoms with Crippen molar-refractivity contribution in [3.63, 3.8) is 0 Å². The molecule has 24 heavy (non-hydrogen) atoms. The number of ether oxygens (including phenoxy) is 1. The van der Waals surface area contributed by atoms with E-state index in [0.717, 1.165) is 36.3 Å². The zero-order valence-corrected chi connectivity index (χ0v) is 14.2. The highest BCUT2D eigenvalue weighted by atomic mass is 16.5. The normalized spacial score (nSPS) is 20.8. The standard InChI is InChI=1S/C20H23NO3/c1-14-6-5-7-15(2)21(14)20(23)13-24-19-11-10-16-8-3-4-9-17(16)18(19)12-22/h3-4,8-12,14-15H,5-7,13H2,1-2H3. The molecule has 2 unspecified atom stereocenters. The third kappa shape index (κ3) is 3.14. The lowest BCUT2D eigenvalue weighted by molar-refractivity contribution is -0.139. The first kappa shape index (κ1) is 16.5. The fraction of sp³-hybridized carbons (Fsp3) is 0.400. The second-order valence-electron chi connectivity index (χ2n) is 6.53. The molecular weight excluding hydrogens is 302 g/mol. The van der Waals surface area contributed by atoms with Gasteiger partial charge in [-0.25, -0.2) is 0 Å². The number of nitrogens with zero attached hydrogens (tertiary/aromatic N) is 1. The van der Waals surface area contributed by atoms with Gasteiger partial charge in [-0.2, -0.15) is 0 Å². The third-order valence-corrected chi connectivity index (χ3v) is 4.88. The van der Waals surface area contributed by atoms with Crippen LogP contribution in [0.25, 0.3) is 10.8 Å². The quantitative estimate of drug-likeness (QED) is 0.803. The van der Waals surface area contributed by atoms with Crippen LogP contribution in [0.5, 0.6) is 5.75 Å². The molecule has 2 aromatic carbocycles. The van der Waals surface area contributed by atoms with E-state index in [-0.39, 0.29) is 24.6 Å².